The van der Waals surface area contributed by atoms with Crippen molar-refractivity contribution in [1.82, 2.24) is 5.32 Å². The fraction of sp³-hybridized carbons (Fsp3) is 0.211. The lowest BCUT2D eigenvalue weighted by molar-refractivity contribution is -0.115. The van der Waals surface area contributed by atoms with Gasteiger partial charge in [-0.2, -0.15) is 0 Å². The summed E-state index contributed by atoms with van der Waals surface area (Å²) in [6.07, 6.45) is 0. The van der Waals surface area contributed by atoms with Crippen LogP contribution in [0.25, 0.3) is 0 Å². The fourth-order valence-electron chi connectivity index (χ4n) is 2.30. The first-order valence-electron chi connectivity index (χ1n) is 7.87. The highest BCUT2D eigenvalue weighted by molar-refractivity contribution is 5.99. The molecule has 0 unspecified atom stereocenters. The van der Waals surface area contributed by atoms with E-state index in [0.29, 0.717) is 23.5 Å². The number of hydrogen-bond acceptors (Lipinski definition) is 3. The lowest BCUT2D eigenvalue weighted by atomic mass is 10.1. The quantitative estimate of drug-likeness (QED) is 0.783. The molecule has 0 bridgehead atoms. The molecule has 0 radical (unpaired) electrons. The van der Waals surface area contributed by atoms with Gasteiger partial charge in [-0.25, -0.2) is 0 Å². The summed E-state index contributed by atoms with van der Waals surface area (Å²) in [5.74, 6) is -0.809. The van der Waals surface area contributed by atoms with Crippen LogP contribution in [0.5, 0.6) is 0 Å². The predicted molar refractivity (Wildman–Crippen MR) is 97.4 cm³/mol. The molecule has 0 aliphatic heterocycles. The molecule has 3 amide bonds. The number of benzene rings is 2. The zero-order valence-electron chi connectivity index (χ0n) is 14.5. The van der Waals surface area contributed by atoms with E-state index in [1.807, 2.05) is 31.2 Å². The van der Waals surface area contributed by atoms with Crippen molar-refractivity contribution >= 4 is 29.1 Å². The van der Waals surface area contributed by atoms with Crippen LogP contribution in [0.15, 0.2) is 42.5 Å². The van der Waals surface area contributed by atoms with E-state index in [1.165, 1.54) is 13.8 Å². The molecule has 2 aromatic rings. The smallest absolute Gasteiger partial charge is 0.251 e. The van der Waals surface area contributed by atoms with Gasteiger partial charge in [0.15, 0.2) is 0 Å². The number of nitrogens with one attached hydrogen (secondary N) is 3. The van der Waals surface area contributed by atoms with Crippen LogP contribution in [0.4, 0.5) is 11.4 Å². The SMILES string of the molecule is CC(=O)Nc1cc(NC(C)=O)cc(C(=O)NCc2ccc(C)cc2)c1. The molecule has 0 fully saturated rings. The van der Waals surface area contributed by atoms with Gasteiger partial charge in [0.05, 0.1) is 0 Å². The molecule has 6 heteroatoms. The van der Waals surface area contributed by atoms with E-state index in [0.717, 1.165) is 11.1 Å². The number of anilines is 2. The van der Waals surface area contributed by atoms with E-state index in [-0.39, 0.29) is 17.7 Å². The zero-order valence-corrected chi connectivity index (χ0v) is 14.5. The number of carbonyl (C=O) groups excluding carboxylic acids is 3. The molecule has 2 aromatic carbocycles. The van der Waals surface area contributed by atoms with Crippen LogP contribution in [-0.2, 0) is 16.1 Å². The van der Waals surface area contributed by atoms with Crippen LogP contribution in [0.2, 0.25) is 0 Å². The minimum Gasteiger partial charge on any atom is -0.348 e. The molecule has 130 valence electrons. The van der Waals surface area contributed by atoms with Crippen LogP contribution in [0.1, 0.15) is 35.3 Å². The first-order valence-corrected chi connectivity index (χ1v) is 7.87. The highest BCUT2D eigenvalue weighted by Crippen LogP contribution is 2.19. The number of aryl methyl sites for hydroxylation is 1. The summed E-state index contributed by atoms with van der Waals surface area (Å²) < 4.78 is 0. The number of rotatable bonds is 5. The zero-order chi connectivity index (χ0) is 18.4. The Kier molecular flexibility index (Phi) is 5.89. The van der Waals surface area contributed by atoms with Gasteiger partial charge in [0.2, 0.25) is 11.8 Å². The fourth-order valence-corrected chi connectivity index (χ4v) is 2.30. The van der Waals surface area contributed by atoms with Gasteiger partial charge in [0, 0.05) is 37.3 Å². The Morgan fingerprint density at radius 1 is 0.840 bits per heavy atom. The highest BCUT2D eigenvalue weighted by atomic mass is 16.2. The molecular weight excluding hydrogens is 318 g/mol. The Morgan fingerprint density at radius 3 is 1.84 bits per heavy atom. The van der Waals surface area contributed by atoms with E-state index in [4.69, 9.17) is 0 Å². The van der Waals surface area contributed by atoms with Crippen LogP contribution in [-0.4, -0.2) is 17.7 Å². The van der Waals surface area contributed by atoms with Gasteiger partial charge in [-0.05, 0) is 30.7 Å². The van der Waals surface area contributed by atoms with Gasteiger partial charge >= 0.3 is 0 Å². The van der Waals surface area contributed by atoms with Crippen molar-refractivity contribution in [2.24, 2.45) is 0 Å². The van der Waals surface area contributed by atoms with E-state index < -0.39 is 0 Å². The van der Waals surface area contributed by atoms with Gasteiger partial charge in [-0.1, -0.05) is 29.8 Å². The Balaban J connectivity index is 2.16. The maximum absolute atomic E-state index is 12.4. The van der Waals surface area contributed by atoms with Crippen molar-refractivity contribution in [3.63, 3.8) is 0 Å². The molecule has 0 aliphatic rings. The molecule has 6 nitrogen and oxygen atoms in total. The second-order valence-corrected chi connectivity index (χ2v) is 5.83. The normalized spacial score (nSPS) is 10.0. The van der Waals surface area contributed by atoms with Gasteiger partial charge in [0.1, 0.15) is 0 Å². The first kappa shape index (κ1) is 18.2. The second-order valence-electron chi connectivity index (χ2n) is 5.83. The van der Waals surface area contributed by atoms with Crippen LogP contribution >= 0.6 is 0 Å². The summed E-state index contributed by atoms with van der Waals surface area (Å²) in [6, 6.07) is 12.6. The molecule has 25 heavy (non-hydrogen) atoms. The Hall–Kier alpha value is -3.15. The average Bonchev–Trinajstić information content (AvgIpc) is 2.52. The molecule has 3 N–H and O–H groups in total. The molecule has 0 aliphatic carbocycles. The molecular formula is C19H21N3O3. The maximum Gasteiger partial charge on any atom is 0.251 e. The minimum atomic E-state index is -0.292. The third-order valence-corrected chi connectivity index (χ3v) is 3.41. The largest absolute Gasteiger partial charge is 0.348 e. The molecule has 2 rings (SSSR count). The number of carbonyl (C=O) groups is 3. The van der Waals surface area contributed by atoms with Crippen molar-refractivity contribution in [2.45, 2.75) is 27.3 Å². The van der Waals surface area contributed by atoms with E-state index in [9.17, 15) is 14.4 Å². The van der Waals surface area contributed by atoms with Crippen LogP contribution in [0.3, 0.4) is 0 Å². The first-order chi connectivity index (χ1) is 11.8. The molecule has 0 saturated heterocycles. The van der Waals surface area contributed by atoms with E-state index in [1.54, 1.807) is 18.2 Å². The van der Waals surface area contributed by atoms with E-state index >= 15 is 0 Å². The van der Waals surface area contributed by atoms with E-state index in [2.05, 4.69) is 16.0 Å². The van der Waals surface area contributed by atoms with Crippen LogP contribution < -0.4 is 16.0 Å². The van der Waals surface area contributed by atoms with Crippen molar-refractivity contribution in [3.05, 3.63) is 59.2 Å². The maximum atomic E-state index is 12.4. The Labute approximate surface area is 146 Å². The lowest BCUT2D eigenvalue weighted by Gasteiger charge is -2.11. The monoisotopic (exact) mass is 339 g/mol. The highest BCUT2D eigenvalue weighted by Gasteiger charge is 2.10. The van der Waals surface area contributed by atoms with Crippen LogP contribution in [0, 0.1) is 6.92 Å². The predicted octanol–water partition coefficient (Wildman–Crippen LogP) is 2.84. The van der Waals surface area contributed by atoms with Crippen molar-refractivity contribution in [1.29, 1.82) is 0 Å². The van der Waals surface area contributed by atoms with Crippen molar-refractivity contribution in [2.75, 3.05) is 10.6 Å². The third kappa shape index (κ3) is 5.76. The third-order valence-electron chi connectivity index (χ3n) is 3.41. The molecule has 0 saturated carbocycles. The van der Waals surface area contributed by atoms with Crippen molar-refractivity contribution in [3.8, 4) is 0 Å². The van der Waals surface area contributed by atoms with Gasteiger partial charge in [-0.15, -0.1) is 0 Å². The topological polar surface area (TPSA) is 87.3 Å². The summed E-state index contributed by atoms with van der Waals surface area (Å²) in [6.45, 7) is 5.14. The summed E-state index contributed by atoms with van der Waals surface area (Å²) in [5.41, 5.74) is 3.37. The van der Waals surface area contributed by atoms with Crippen molar-refractivity contribution < 1.29 is 14.4 Å². The van der Waals surface area contributed by atoms with Gasteiger partial charge in [0.25, 0.3) is 5.91 Å². The summed E-state index contributed by atoms with van der Waals surface area (Å²) >= 11 is 0. The Morgan fingerprint density at radius 2 is 1.36 bits per heavy atom. The second kappa shape index (κ2) is 8.10. The average molecular weight is 339 g/mol. The summed E-state index contributed by atoms with van der Waals surface area (Å²) in [5, 5.41) is 8.08. The standard InChI is InChI=1S/C19H21N3O3/c1-12-4-6-15(7-5-12)11-20-19(25)16-8-17(21-13(2)23)10-18(9-16)22-14(3)24/h4-10H,11H2,1-3H3,(H,20,25)(H,21,23)(H,22,24). The number of hydrogen-bond donors (Lipinski definition) is 3. The number of amides is 3. The van der Waals surface area contributed by atoms with Gasteiger partial charge < -0.3 is 16.0 Å². The molecule has 0 aromatic heterocycles. The summed E-state index contributed by atoms with van der Waals surface area (Å²) in [7, 11) is 0. The lowest BCUT2D eigenvalue weighted by Crippen LogP contribution is -2.23. The van der Waals surface area contributed by atoms with Gasteiger partial charge in [-0.3, -0.25) is 14.4 Å². The summed E-state index contributed by atoms with van der Waals surface area (Å²) in [4.78, 5) is 35.0. The molecule has 0 atom stereocenters. The molecule has 0 heterocycles. The minimum absolute atomic E-state index is 0.258. The molecule has 0 spiro atoms. The Bertz CT molecular complexity index is 764.